The Balaban J connectivity index is 1.96. The number of nitrogens with zero attached hydrogens (tertiary/aromatic N) is 2. The Kier molecular flexibility index (Phi) is 5.48. The SMILES string of the molecule is Cn1cc[n+](C)c1C(/C=[C]\c1ccccc1)(Nc1ccccc1)c1ccc(F)cc1. The Morgan fingerprint density at radius 1 is 0.933 bits per heavy atom. The summed E-state index contributed by atoms with van der Waals surface area (Å²) in [6.45, 7) is 0. The number of anilines is 1. The van der Waals surface area contributed by atoms with Crippen molar-refractivity contribution in [3.05, 3.63) is 132 Å². The van der Waals surface area contributed by atoms with Crippen molar-refractivity contribution in [1.29, 1.82) is 0 Å². The number of nitrogens with one attached hydrogen (secondary N) is 1. The first-order chi connectivity index (χ1) is 14.6. The molecule has 0 amide bonds. The molecule has 1 atom stereocenters. The maximum Gasteiger partial charge on any atom is 0.291 e. The summed E-state index contributed by atoms with van der Waals surface area (Å²) in [6, 6.07) is 26.6. The summed E-state index contributed by atoms with van der Waals surface area (Å²) in [7, 11) is 4.02. The molecule has 0 aliphatic heterocycles. The van der Waals surface area contributed by atoms with Crippen LogP contribution in [0.25, 0.3) is 0 Å². The molecular weight excluding hydrogens is 373 g/mol. The van der Waals surface area contributed by atoms with Crippen LogP contribution in [0.2, 0.25) is 0 Å². The average Bonchev–Trinajstić information content (AvgIpc) is 3.12. The molecule has 0 aliphatic rings. The molecular formula is C26H24FN3+. The van der Waals surface area contributed by atoms with Crippen molar-refractivity contribution in [3.8, 4) is 0 Å². The van der Waals surface area contributed by atoms with Crippen LogP contribution < -0.4 is 9.88 Å². The molecule has 0 fully saturated rings. The van der Waals surface area contributed by atoms with E-state index in [4.69, 9.17) is 0 Å². The van der Waals surface area contributed by atoms with E-state index in [1.54, 1.807) is 0 Å². The Morgan fingerprint density at radius 3 is 2.17 bits per heavy atom. The summed E-state index contributed by atoms with van der Waals surface area (Å²) in [5.74, 6) is 0.723. The standard InChI is InChI=1S/C26H24FN3/c1-29-19-20-30(2)25(29)26(22-13-15-23(27)16-14-22,28-24-11-7-4-8-12-24)18-17-21-9-5-3-6-10-21/h3-16,18-20,28H,1-2H3/q+1. The highest BCUT2D eigenvalue weighted by molar-refractivity contribution is 5.54. The first-order valence-corrected chi connectivity index (χ1v) is 9.85. The van der Waals surface area contributed by atoms with Gasteiger partial charge in [-0.1, -0.05) is 60.7 Å². The molecule has 4 rings (SSSR count). The maximum absolute atomic E-state index is 13.8. The summed E-state index contributed by atoms with van der Waals surface area (Å²) >= 11 is 0. The van der Waals surface area contributed by atoms with Crippen LogP contribution in [0.4, 0.5) is 10.1 Å². The van der Waals surface area contributed by atoms with Gasteiger partial charge >= 0.3 is 0 Å². The van der Waals surface area contributed by atoms with Crippen molar-refractivity contribution in [2.24, 2.45) is 14.1 Å². The molecule has 1 N–H and O–H groups in total. The van der Waals surface area contributed by atoms with E-state index in [2.05, 4.69) is 20.5 Å². The van der Waals surface area contributed by atoms with E-state index in [0.29, 0.717) is 0 Å². The number of imidazole rings is 1. The molecule has 4 aromatic rings. The van der Waals surface area contributed by atoms with Gasteiger partial charge in [0.15, 0.2) is 5.54 Å². The average molecular weight is 397 g/mol. The van der Waals surface area contributed by atoms with Crippen molar-refractivity contribution in [2.75, 3.05) is 5.32 Å². The van der Waals surface area contributed by atoms with Crippen molar-refractivity contribution in [2.45, 2.75) is 5.54 Å². The number of hydrogen-bond acceptors (Lipinski definition) is 1. The number of rotatable bonds is 6. The highest BCUT2D eigenvalue weighted by Gasteiger charge is 2.42. The fourth-order valence-electron chi connectivity index (χ4n) is 3.78. The van der Waals surface area contributed by atoms with Gasteiger partial charge in [-0.05, 0) is 47.5 Å². The Bertz CT molecular complexity index is 1110. The molecule has 1 heterocycles. The molecule has 1 unspecified atom stereocenters. The zero-order valence-electron chi connectivity index (χ0n) is 17.1. The van der Waals surface area contributed by atoms with Gasteiger partial charge in [0.1, 0.15) is 18.2 Å². The molecule has 0 saturated carbocycles. The summed E-state index contributed by atoms with van der Waals surface area (Å²) in [4.78, 5) is 0. The smallest absolute Gasteiger partial charge is 0.291 e. The van der Waals surface area contributed by atoms with E-state index in [1.807, 2.05) is 105 Å². The summed E-state index contributed by atoms with van der Waals surface area (Å²) in [6.07, 6.45) is 9.50. The van der Waals surface area contributed by atoms with Crippen molar-refractivity contribution in [1.82, 2.24) is 4.57 Å². The third-order valence-electron chi connectivity index (χ3n) is 5.18. The zero-order chi connectivity index (χ0) is 21.0. The highest BCUT2D eigenvalue weighted by atomic mass is 19.1. The molecule has 4 heteroatoms. The van der Waals surface area contributed by atoms with E-state index in [0.717, 1.165) is 22.6 Å². The molecule has 3 aromatic carbocycles. The number of para-hydroxylation sites is 1. The minimum atomic E-state index is -0.780. The molecule has 1 radical (unpaired) electrons. The van der Waals surface area contributed by atoms with E-state index in [9.17, 15) is 4.39 Å². The van der Waals surface area contributed by atoms with E-state index >= 15 is 0 Å². The minimum Gasteiger partial charge on any atom is -0.362 e. The second-order valence-electron chi connectivity index (χ2n) is 7.30. The monoisotopic (exact) mass is 397 g/mol. The molecule has 0 spiro atoms. The number of hydrogen-bond donors (Lipinski definition) is 1. The predicted octanol–water partition coefficient (Wildman–Crippen LogP) is 4.75. The molecule has 1 aromatic heterocycles. The Labute approximate surface area is 176 Å². The summed E-state index contributed by atoms with van der Waals surface area (Å²) in [5, 5.41) is 3.70. The number of aryl methyl sites for hydroxylation is 2. The lowest BCUT2D eigenvalue weighted by Gasteiger charge is -2.30. The topological polar surface area (TPSA) is 20.8 Å². The molecule has 3 nitrogen and oxygen atoms in total. The highest BCUT2D eigenvalue weighted by Crippen LogP contribution is 2.34. The second kappa shape index (κ2) is 8.37. The number of halogens is 1. The fourth-order valence-corrected chi connectivity index (χ4v) is 3.78. The van der Waals surface area contributed by atoms with Crippen LogP contribution in [-0.2, 0) is 19.6 Å². The first-order valence-electron chi connectivity index (χ1n) is 9.85. The van der Waals surface area contributed by atoms with Gasteiger partial charge in [0.2, 0.25) is 0 Å². The molecule has 0 saturated heterocycles. The lowest BCUT2D eigenvalue weighted by molar-refractivity contribution is -0.681. The summed E-state index contributed by atoms with van der Waals surface area (Å²) in [5.41, 5.74) is 2.05. The van der Waals surface area contributed by atoms with Gasteiger partial charge in [-0.2, -0.15) is 0 Å². The van der Waals surface area contributed by atoms with Gasteiger partial charge in [0.25, 0.3) is 5.82 Å². The minimum absolute atomic E-state index is 0.264. The lowest BCUT2D eigenvalue weighted by atomic mass is 9.86. The van der Waals surface area contributed by atoms with Gasteiger partial charge < -0.3 is 5.32 Å². The van der Waals surface area contributed by atoms with Crippen LogP contribution >= 0.6 is 0 Å². The van der Waals surface area contributed by atoms with Gasteiger partial charge in [-0.25, -0.2) is 13.5 Å². The third kappa shape index (κ3) is 3.90. The molecule has 149 valence electrons. The van der Waals surface area contributed by atoms with E-state index in [-0.39, 0.29) is 5.82 Å². The molecule has 0 aliphatic carbocycles. The quantitative estimate of drug-likeness (QED) is 0.466. The van der Waals surface area contributed by atoms with Crippen molar-refractivity contribution in [3.63, 3.8) is 0 Å². The second-order valence-corrected chi connectivity index (χ2v) is 7.30. The molecule has 30 heavy (non-hydrogen) atoms. The molecule has 0 bridgehead atoms. The largest absolute Gasteiger partial charge is 0.362 e. The van der Waals surface area contributed by atoms with Crippen LogP contribution in [-0.4, -0.2) is 4.57 Å². The fraction of sp³-hybridized carbons (Fsp3) is 0.115. The van der Waals surface area contributed by atoms with Crippen LogP contribution in [0.15, 0.2) is 103 Å². The van der Waals surface area contributed by atoms with Gasteiger partial charge in [0.05, 0.1) is 14.1 Å². The lowest BCUT2D eigenvalue weighted by Crippen LogP contribution is -2.47. The normalized spacial score (nSPS) is 13.3. The number of benzene rings is 3. The Morgan fingerprint density at radius 2 is 1.57 bits per heavy atom. The van der Waals surface area contributed by atoms with Crippen LogP contribution in [0, 0.1) is 11.9 Å². The van der Waals surface area contributed by atoms with E-state index in [1.165, 1.54) is 12.1 Å². The zero-order valence-corrected chi connectivity index (χ0v) is 17.1. The van der Waals surface area contributed by atoms with Crippen LogP contribution in [0.3, 0.4) is 0 Å². The van der Waals surface area contributed by atoms with Gasteiger partial charge in [-0.15, -0.1) is 0 Å². The Hall–Kier alpha value is -3.66. The summed E-state index contributed by atoms with van der Waals surface area (Å²) < 4.78 is 17.9. The van der Waals surface area contributed by atoms with Crippen molar-refractivity contribution >= 4 is 5.69 Å². The first kappa shape index (κ1) is 19.6. The van der Waals surface area contributed by atoms with Crippen LogP contribution in [0.5, 0.6) is 0 Å². The predicted molar refractivity (Wildman–Crippen MR) is 117 cm³/mol. The van der Waals surface area contributed by atoms with Gasteiger partial charge in [-0.3, -0.25) is 0 Å². The maximum atomic E-state index is 13.8. The van der Waals surface area contributed by atoms with Gasteiger partial charge in [0, 0.05) is 5.69 Å². The van der Waals surface area contributed by atoms with Crippen molar-refractivity contribution < 1.29 is 8.96 Å². The van der Waals surface area contributed by atoms with E-state index < -0.39 is 5.54 Å². The third-order valence-corrected chi connectivity index (χ3v) is 5.18. The van der Waals surface area contributed by atoms with Crippen LogP contribution in [0.1, 0.15) is 17.0 Å². The number of aromatic nitrogens is 2.